The number of hydrogen-bond donors (Lipinski definition) is 2. The lowest BCUT2D eigenvalue weighted by Gasteiger charge is -2.38. The number of carbonyl (C=O) groups is 1. The molecule has 0 fully saturated rings. The molecule has 0 saturated heterocycles. The minimum Gasteiger partial charge on any atom is -0.493 e. The summed E-state index contributed by atoms with van der Waals surface area (Å²) < 4.78 is 22.2. The minimum atomic E-state index is -0.249. The monoisotopic (exact) mass is 556 g/mol. The van der Waals surface area contributed by atoms with E-state index in [2.05, 4.69) is 38.7 Å². The quantitative estimate of drug-likeness (QED) is 0.276. The molecular formula is C32H36N4O5. The number of methoxy groups -OCH3 is 4. The number of urea groups is 1. The molecule has 1 atom stereocenters. The molecule has 41 heavy (non-hydrogen) atoms. The SMILES string of the molecule is COc1ccc(C[C@@H]2c3cc(OC)c(OC)cc3CCN2CCNC(=O)Nc2ccnc3ccccc23)cc1OC. The maximum atomic E-state index is 12.8. The van der Waals surface area contributed by atoms with Crippen LogP contribution in [0.25, 0.3) is 10.9 Å². The average molecular weight is 557 g/mol. The number of nitrogens with one attached hydrogen (secondary N) is 2. The fraction of sp³-hybridized carbons (Fsp3) is 0.312. The first-order chi connectivity index (χ1) is 20.0. The number of pyridine rings is 1. The first kappa shape index (κ1) is 28.0. The molecule has 1 aromatic heterocycles. The summed E-state index contributed by atoms with van der Waals surface area (Å²) in [5.74, 6) is 2.82. The van der Waals surface area contributed by atoms with E-state index < -0.39 is 0 Å². The van der Waals surface area contributed by atoms with Crippen molar-refractivity contribution in [2.75, 3.05) is 53.4 Å². The maximum absolute atomic E-state index is 12.8. The van der Waals surface area contributed by atoms with E-state index in [4.69, 9.17) is 18.9 Å². The average Bonchev–Trinajstić information content (AvgIpc) is 3.01. The molecule has 2 heterocycles. The predicted octanol–water partition coefficient (Wildman–Crippen LogP) is 5.23. The van der Waals surface area contributed by atoms with Crippen molar-refractivity contribution >= 4 is 22.6 Å². The Morgan fingerprint density at radius 1 is 0.902 bits per heavy atom. The number of aromatic nitrogens is 1. The Morgan fingerprint density at radius 3 is 2.41 bits per heavy atom. The van der Waals surface area contributed by atoms with E-state index in [0.717, 1.165) is 47.3 Å². The molecule has 214 valence electrons. The fourth-order valence-electron chi connectivity index (χ4n) is 5.50. The lowest BCUT2D eigenvalue weighted by atomic mass is 9.88. The zero-order valence-electron chi connectivity index (χ0n) is 23.9. The molecule has 9 nitrogen and oxygen atoms in total. The number of rotatable bonds is 10. The van der Waals surface area contributed by atoms with E-state index in [9.17, 15) is 4.79 Å². The van der Waals surface area contributed by atoms with Gasteiger partial charge in [0, 0.05) is 37.3 Å². The van der Waals surface area contributed by atoms with Crippen molar-refractivity contribution in [2.45, 2.75) is 18.9 Å². The van der Waals surface area contributed by atoms with E-state index in [1.165, 1.54) is 11.1 Å². The smallest absolute Gasteiger partial charge is 0.319 e. The number of amides is 2. The number of fused-ring (bicyclic) bond motifs is 2. The molecular weight excluding hydrogens is 520 g/mol. The summed E-state index contributed by atoms with van der Waals surface area (Å²) in [6.45, 7) is 2.01. The molecule has 1 aliphatic rings. The highest BCUT2D eigenvalue weighted by atomic mass is 16.5. The van der Waals surface area contributed by atoms with E-state index in [0.29, 0.717) is 30.3 Å². The van der Waals surface area contributed by atoms with Crippen molar-refractivity contribution in [2.24, 2.45) is 0 Å². The van der Waals surface area contributed by atoms with Crippen LogP contribution in [0.2, 0.25) is 0 Å². The molecule has 2 N–H and O–H groups in total. The molecule has 0 unspecified atom stereocenters. The van der Waals surface area contributed by atoms with Gasteiger partial charge in [-0.25, -0.2) is 4.79 Å². The first-order valence-corrected chi connectivity index (χ1v) is 13.6. The number of carbonyl (C=O) groups excluding carboxylic acids is 1. The predicted molar refractivity (Wildman–Crippen MR) is 160 cm³/mol. The number of anilines is 1. The van der Waals surface area contributed by atoms with Crippen molar-refractivity contribution in [3.8, 4) is 23.0 Å². The highest BCUT2D eigenvalue weighted by Crippen LogP contribution is 2.40. The summed E-state index contributed by atoms with van der Waals surface area (Å²) in [7, 11) is 6.60. The Morgan fingerprint density at radius 2 is 1.63 bits per heavy atom. The zero-order valence-corrected chi connectivity index (χ0v) is 23.9. The van der Waals surface area contributed by atoms with Crippen molar-refractivity contribution in [1.82, 2.24) is 15.2 Å². The number of benzene rings is 3. The topological polar surface area (TPSA) is 94.2 Å². The van der Waals surface area contributed by atoms with Gasteiger partial charge in [-0.15, -0.1) is 0 Å². The van der Waals surface area contributed by atoms with E-state index >= 15 is 0 Å². The molecule has 5 rings (SSSR count). The van der Waals surface area contributed by atoms with Gasteiger partial charge < -0.3 is 29.6 Å². The maximum Gasteiger partial charge on any atom is 0.319 e. The van der Waals surface area contributed by atoms with Gasteiger partial charge in [0.25, 0.3) is 0 Å². The molecule has 2 amide bonds. The van der Waals surface area contributed by atoms with Crippen molar-refractivity contribution in [3.63, 3.8) is 0 Å². The van der Waals surface area contributed by atoms with Crippen LogP contribution in [0.1, 0.15) is 22.7 Å². The van der Waals surface area contributed by atoms with Gasteiger partial charge in [-0.2, -0.15) is 0 Å². The number of nitrogens with zero attached hydrogens (tertiary/aromatic N) is 2. The highest BCUT2D eigenvalue weighted by molar-refractivity contribution is 6.00. The molecule has 4 aromatic rings. The lowest BCUT2D eigenvalue weighted by molar-refractivity contribution is 0.183. The van der Waals surface area contributed by atoms with Gasteiger partial charge in [-0.1, -0.05) is 24.3 Å². The Hall–Kier alpha value is -4.50. The molecule has 0 aliphatic carbocycles. The highest BCUT2D eigenvalue weighted by Gasteiger charge is 2.29. The van der Waals surface area contributed by atoms with Crippen LogP contribution in [0, 0.1) is 0 Å². The molecule has 9 heteroatoms. The van der Waals surface area contributed by atoms with Crippen molar-refractivity contribution in [1.29, 1.82) is 0 Å². The van der Waals surface area contributed by atoms with Gasteiger partial charge >= 0.3 is 6.03 Å². The number of ether oxygens (including phenoxy) is 4. The summed E-state index contributed by atoms with van der Waals surface area (Å²) in [5.41, 5.74) is 5.11. The first-order valence-electron chi connectivity index (χ1n) is 13.6. The van der Waals surface area contributed by atoms with Crippen molar-refractivity contribution < 1.29 is 23.7 Å². The van der Waals surface area contributed by atoms with Crippen LogP contribution in [0.3, 0.4) is 0 Å². The number of hydrogen-bond acceptors (Lipinski definition) is 7. The van der Waals surface area contributed by atoms with Gasteiger partial charge in [-0.05, 0) is 65.9 Å². The molecule has 3 aromatic carbocycles. The lowest BCUT2D eigenvalue weighted by Crippen LogP contribution is -2.42. The Balaban J connectivity index is 1.34. The minimum absolute atomic E-state index is 0.0608. The van der Waals surface area contributed by atoms with Gasteiger partial charge in [0.2, 0.25) is 0 Å². The second-order valence-electron chi connectivity index (χ2n) is 9.86. The second kappa shape index (κ2) is 12.8. The van der Waals surface area contributed by atoms with E-state index in [-0.39, 0.29) is 12.1 Å². The molecule has 0 spiro atoms. The molecule has 1 aliphatic heterocycles. The summed E-state index contributed by atoms with van der Waals surface area (Å²) >= 11 is 0. The van der Waals surface area contributed by atoms with Gasteiger partial charge in [0.15, 0.2) is 23.0 Å². The third kappa shape index (κ3) is 6.15. The third-order valence-electron chi connectivity index (χ3n) is 7.57. The summed E-state index contributed by atoms with van der Waals surface area (Å²) in [6.07, 6.45) is 3.32. The zero-order chi connectivity index (χ0) is 28.8. The van der Waals surface area contributed by atoms with Crippen LogP contribution in [-0.2, 0) is 12.8 Å². The Bertz CT molecular complexity index is 1520. The van der Waals surface area contributed by atoms with Gasteiger partial charge in [-0.3, -0.25) is 9.88 Å². The summed E-state index contributed by atoms with van der Waals surface area (Å²) in [4.78, 5) is 19.6. The fourth-order valence-corrected chi connectivity index (χ4v) is 5.50. The van der Waals surface area contributed by atoms with Crippen LogP contribution in [0.4, 0.5) is 10.5 Å². The standard InChI is InChI=1S/C32H36N4O5/c1-38-28-10-9-21(18-29(28)39-2)17-27-24-20-31(41-4)30(40-3)19-22(24)12-15-36(27)16-14-34-32(37)35-26-11-13-33-25-8-6-5-7-23(25)26/h5-11,13,18-20,27H,12,14-17H2,1-4H3,(H2,33,34,35,37)/t27-/m1/s1. The number of para-hydroxylation sites is 1. The van der Waals surface area contributed by atoms with E-state index in [1.807, 2.05) is 42.5 Å². The van der Waals surface area contributed by atoms with Crippen LogP contribution >= 0.6 is 0 Å². The molecule has 0 bridgehead atoms. The summed E-state index contributed by atoms with van der Waals surface area (Å²) in [5, 5.41) is 6.91. The largest absolute Gasteiger partial charge is 0.493 e. The van der Waals surface area contributed by atoms with E-state index in [1.54, 1.807) is 34.6 Å². The second-order valence-corrected chi connectivity index (χ2v) is 9.86. The Kier molecular flexibility index (Phi) is 8.74. The van der Waals surface area contributed by atoms with Crippen LogP contribution < -0.4 is 29.6 Å². The normalized spacial score (nSPS) is 14.7. The van der Waals surface area contributed by atoms with Crippen LogP contribution in [0.15, 0.2) is 66.9 Å². The third-order valence-corrected chi connectivity index (χ3v) is 7.57. The van der Waals surface area contributed by atoms with Crippen LogP contribution in [-0.4, -0.2) is 64.0 Å². The molecule has 0 radical (unpaired) electrons. The Labute approximate surface area is 240 Å². The van der Waals surface area contributed by atoms with Crippen LogP contribution in [0.5, 0.6) is 23.0 Å². The summed E-state index contributed by atoms with van der Waals surface area (Å²) in [6, 6.07) is 19.6. The molecule has 0 saturated carbocycles. The van der Waals surface area contributed by atoms with Gasteiger partial charge in [0.1, 0.15) is 0 Å². The van der Waals surface area contributed by atoms with Gasteiger partial charge in [0.05, 0.1) is 39.6 Å². The van der Waals surface area contributed by atoms with Crippen molar-refractivity contribution in [3.05, 3.63) is 83.6 Å².